The molecule has 128 valence electrons. The van der Waals surface area contributed by atoms with Gasteiger partial charge in [0.05, 0.1) is 12.6 Å². The zero-order valence-corrected chi connectivity index (χ0v) is 14.9. The third-order valence-corrected chi connectivity index (χ3v) is 3.99. The first-order valence-corrected chi connectivity index (χ1v) is 8.29. The lowest BCUT2D eigenvalue weighted by atomic mass is 10.1. The van der Waals surface area contributed by atoms with Crippen LogP contribution in [0.3, 0.4) is 0 Å². The molecule has 4 heteroatoms. The summed E-state index contributed by atoms with van der Waals surface area (Å²) in [6, 6.07) is 15.6. The monoisotopic (exact) mass is 326 g/mol. The summed E-state index contributed by atoms with van der Waals surface area (Å²) in [5.74, 6) is 0.864. The van der Waals surface area contributed by atoms with E-state index >= 15 is 0 Å². The molecule has 0 saturated carbocycles. The zero-order valence-electron chi connectivity index (χ0n) is 14.9. The zero-order chi connectivity index (χ0) is 17.5. The summed E-state index contributed by atoms with van der Waals surface area (Å²) in [6.07, 6.45) is 0. The quantitative estimate of drug-likeness (QED) is 0.840. The van der Waals surface area contributed by atoms with Crippen LogP contribution in [0, 0.1) is 6.92 Å². The van der Waals surface area contributed by atoms with Gasteiger partial charge in [0.1, 0.15) is 5.75 Å². The van der Waals surface area contributed by atoms with Gasteiger partial charge in [0.15, 0.2) is 0 Å². The van der Waals surface area contributed by atoms with Crippen molar-refractivity contribution in [2.75, 3.05) is 19.0 Å². The van der Waals surface area contributed by atoms with Crippen molar-refractivity contribution in [1.29, 1.82) is 0 Å². The number of hydrogen-bond donors (Lipinski definition) is 1. The standard InChI is InChI=1S/C20H26N2O2/c1-5-24-19-11-9-17(10-12-19)14-22(4)16(3)20(23)21-18-8-6-7-15(2)13-18/h6-13,16H,5,14H2,1-4H3,(H,21,23). The SMILES string of the molecule is CCOc1ccc(CN(C)C(C)C(=O)Nc2cccc(C)c2)cc1. The number of ether oxygens (including phenoxy) is 1. The van der Waals surface area contributed by atoms with Crippen molar-refractivity contribution in [1.82, 2.24) is 4.90 Å². The Kier molecular flexibility index (Phi) is 6.38. The number of nitrogens with zero attached hydrogens (tertiary/aromatic N) is 1. The molecule has 1 unspecified atom stereocenters. The Morgan fingerprint density at radius 2 is 1.92 bits per heavy atom. The van der Waals surface area contributed by atoms with Gasteiger partial charge in [0.2, 0.25) is 5.91 Å². The summed E-state index contributed by atoms with van der Waals surface area (Å²) in [5.41, 5.74) is 3.11. The summed E-state index contributed by atoms with van der Waals surface area (Å²) in [5, 5.41) is 2.97. The van der Waals surface area contributed by atoms with Gasteiger partial charge in [0.25, 0.3) is 0 Å². The molecule has 4 nitrogen and oxygen atoms in total. The number of carbonyl (C=O) groups is 1. The van der Waals surface area contributed by atoms with Crippen LogP contribution in [0.15, 0.2) is 48.5 Å². The average Bonchev–Trinajstić information content (AvgIpc) is 2.56. The number of hydrogen-bond acceptors (Lipinski definition) is 3. The maximum absolute atomic E-state index is 12.4. The minimum atomic E-state index is -0.225. The smallest absolute Gasteiger partial charge is 0.241 e. The lowest BCUT2D eigenvalue weighted by Crippen LogP contribution is -2.39. The highest BCUT2D eigenvalue weighted by Gasteiger charge is 2.18. The molecular formula is C20H26N2O2. The number of likely N-dealkylation sites (N-methyl/N-ethyl adjacent to an activating group) is 1. The summed E-state index contributed by atoms with van der Waals surface area (Å²) in [4.78, 5) is 14.5. The molecular weight excluding hydrogens is 300 g/mol. The second-order valence-corrected chi connectivity index (χ2v) is 6.03. The Labute approximate surface area is 144 Å². The number of amides is 1. The second kappa shape index (κ2) is 8.50. The third kappa shape index (κ3) is 5.10. The van der Waals surface area contributed by atoms with E-state index < -0.39 is 0 Å². The number of benzene rings is 2. The van der Waals surface area contributed by atoms with Crippen molar-refractivity contribution < 1.29 is 9.53 Å². The van der Waals surface area contributed by atoms with Gasteiger partial charge in [-0.2, -0.15) is 0 Å². The fraction of sp³-hybridized carbons (Fsp3) is 0.350. The number of nitrogens with one attached hydrogen (secondary N) is 1. The van der Waals surface area contributed by atoms with E-state index in [0.29, 0.717) is 13.2 Å². The van der Waals surface area contributed by atoms with E-state index in [4.69, 9.17) is 4.74 Å². The second-order valence-electron chi connectivity index (χ2n) is 6.03. The minimum absolute atomic E-state index is 0.00552. The van der Waals surface area contributed by atoms with Crippen molar-refractivity contribution in [2.45, 2.75) is 33.4 Å². The first-order valence-electron chi connectivity index (χ1n) is 8.29. The molecule has 2 rings (SSSR count). The molecule has 0 heterocycles. The summed E-state index contributed by atoms with van der Waals surface area (Å²) < 4.78 is 5.45. The molecule has 2 aromatic rings. The van der Waals surface area contributed by atoms with E-state index in [0.717, 1.165) is 22.6 Å². The van der Waals surface area contributed by atoms with E-state index in [-0.39, 0.29) is 11.9 Å². The normalized spacial score (nSPS) is 12.0. The number of rotatable bonds is 7. The van der Waals surface area contributed by atoms with Crippen LogP contribution >= 0.6 is 0 Å². The average molecular weight is 326 g/mol. The number of carbonyl (C=O) groups excluding carboxylic acids is 1. The van der Waals surface area contributed by atoms with Crippen LogP contribution in [0.2, 0.25) is 0 Å². The van der Waals surface area contributed by atoms with Gasteiger partial charge in [-0.25, -0.2) is 0 Å². The predicted octanol–water partition coefficient (Wildman–Crippen LogP) is 3.85. The predicted molar refractivity (Wildman–Crippen MR) is 98.3 cm³/mol. The first-order chi connectivity index (χ1) is 11.5. The molecule has 0 aromatic heterocycles. The van der Waals surface area contributed by atoms with E-state index in [1.807, 2.05) is 81.2 Å². The third-order valence-electron chi connectivity index (χ3n) is 3.99. The maximum atomic E-state index is 12.4. The molecule has 0 aliphatic carbocycles. The highest BCUT2D eigenvalue weighted by Crippen LogP contribution is 2.15. The van der Waals surface area contributed by atoms with E-state index in [2.05, 4.69) is 5.32 Å². The van der Waals surface area contributed by atoms with Crippen molar-refractivity contribution >= 4 is 11.6 Å². The molecule has 2 aromatic carbocycles. The van der Waals surface area contributed by atoms with Crippen LogP contribution in [0.1, 0.15) is 25.0 Å². The van der Waals surface area contributed by atoms with Crippen LogP contribution < -0.4 is 10.1 Å². The van der Waals surface area contributed by atoms with Crippen LogP contribution in [0.25, 0.3) is 0 Å². The molecule has 0 radical (unpaired) electrons. The molecule has 1 N–H and O–H groups in total. The molecule has 0 spiro atoms. The van der Waals surface area contributed by atoms with Gasteiger partial charge >= 0.3 is 0 Å². The van der Waals surface area contributed by atoms with Gasteiger partial charge in [-0.15, -0.1) is 0 Å². The van der Waals surface area contributed by atoms with Crippen molar-refractivity contribution in [3.05, 3.63) is 59.7 Å². The number of anilines is 1. The summed E-state index contributed by atoms with van der Waals surface area (Å²) in [7, 11) is 1.96. The largest absolute Gasteiger partial charge is 0.494 e. The van der Waals surface area contributed by atoms with Crippen LogP contribution in [-0.4, -0.2) is 30.5 Å². The molecule has 0 aliphatic heterocycles. The molecule has 24 heavy (non-hydrogen) atoms. The highest BCUT2D eigenvalue weighted by molar-refractivity contribution is 5.94. The van der Waals surface area contributed by atoms with Crippen LogP contribution in [0.5, 0.6) is 5.75 Å². The Balaban J connectivity index is 1.93. The van der Waals surface area contributed by atoms with Gasteiger partial charge in [-0.05, 0) is 63.2 Å². The molecule has 0 fully saturated rings. The topological polar surface area (TPSA) is 41.6 Å². The minimum Gasteiger partial charge on any atom is -0.494 e. The van der Waals surface area contributed by atoms with Gasteiger partial charge < -0.3 is 10.1 Å². The molecule has 0 bridgehead atoms. The van der Waals surface area contributed by atoms with Crippen LogP contribution in [-0.2, 0) is 11.3 Å². The maximum Gasteiger partial charge on any atom is 0.241 e. The Hall–Kier alpha value is -2.33. The summed E-state index contributed by atoms with van der Waals surface area (Å²) in [6.45, 7) is 7.26. The molecule has 1 amide bonds. The van der Waals surface area contributed by atoms with Crippen molar-refractivity contribution in [3.8, 4) is 5.75 Å². The highest BCUT2D eigenvalue weighted by atomic mass is 16.5. The first kappa shape index (κ1) is 18.0. The Bertz CT molecular complexity index is 668. The van der Waals surface area contributed by atoms with Crippen molar-refractivity contribution in [3.63, 3.8) is 0 Å². The molecule has 0 aliphatic rings. The Morgan fingerprint density at radius 3 is 2.54 bits per heavy atom. The molecule has 0 saturated heterocycles. The number of aryl methyl sites for hydroxylation is 1. The van der Waals surface area contributed by atoms with E-state index in [1.54, 1.807) is 0 Å². The fourth-order valence-electron chi connectivity index (χ4n) is 2.45. The van der Waals surface area contributed by atoms with Crippen LogP contribution in [0.4, 0.5) is 5.69 Å². The van der Waals surface area contributed by atoms with E-state index in [1.165, 1.54) is 0 Å². The van der Waals surface area contributed by atoms with Gasteiger partial charge in [-0.3, -0.25) is 9.69 Å². The summed E-state index contributed by atoms with van der Waals surface area (Å²) >= 11 is 0. The van der Waals surface area contributed by atoms with E-state index in [9.17, 15) is 4.79 Å². The lowest BCUT2D eigenvalue weighted by Gasteiger charge is -2.24. The fourth-order valence-corrected chi connectivity index (χ4v) is 2.45. The lowest BCUT2D eigenvalue weighted by molar-refractivity contribution is -0.120. The van der Waals surface area contributed by atoms with Gasteiger partial charge in [-0.1, -0.05) is 24.3 Å². The van der Waals surface area contributed by atoms with Crippen molar-refractivity contribution in [2.24, 2.45) is 0 Å². The Morgan fingerprint density at radius 1 is 1.21 bits per heavy atom. The van der Waals surface area contributed by atoms with Gasteiger partial charge in [0, 0.05) is 12.2 Å². The molecule has 1 atom stereocenters.